The van der Waals surface area contributed by atoms with Crippen LogP contribution in [0.25, 0.3) is 0 Å². The molecule has 2 aromatic rings. The van der Waals surface area contributed by atoms with Crippen molar-refractivity contribution in [1.82, 2.24) is 14.6 Å². The van der Waals surface area contributed by atoms with Crippen LogP contribution in [0.4, 0.5) is 5.82 Å². The van der Waals surface area contributed by atoms with Crippen molar-refractivity contribution in [3.8, 4) is 0 Å². The average Bonchev–Trinajstić information content (AvgIpc) is 3.15. The summed E-state index contributed by atoms with van der Waals surface area (Å²) in [7, 11) is -3.65. The van der Waals surface area contributed by atoms with Crippen molar-refractivity contribution >= 4 is 15.8 Å². The van der Waals surface area contributed by atoms with Crippen LogP contribution in [0.1, 0.15) is 63.6 Å². The molecule has 1 saturated heterocycles. The zero-order valence-electron chi connectivity index (χ0n) is 18.4. The molecule has 6 nitrogen and oxygen atoms in total. The molecule has 0 aliphatic carbocycles. The minimum Gasteiger partial charge on any atom is -0.366 e. The summed E-state index contributed by atoms with van der Waals surface area (Å²) < 4.78 is 28.4. The summed E-state index contributed by atoms with van der Waals surface area (Å²) in [6.07, 6.45) is 3.67. The van der Waals surface area contributed by atoms with E-state index in [0.717, 1.165) is 43.9 Å². The van der Waals surface area contributed by atoms with Crippen LogP contribution in [0, 0.1) is 0 Å². The van der Waals surface area contributed by atoms with Gasteiger partial charge in [-0.25, -0.2) is 18.1 Å². The van der Waals surface area contributed by atoms with Crippen LogP contribution < -0.4 is 10.0 Å². The van der Waals surface area contributed by atoms with Crippen LogP contribution in [0.5, 0.6) is 0 Å². The lowest BCUT2D eigenvalue weighted by Gasteiger charge is -2.17. The lowest BCUT2D eigenvalue weighted by molar-refractivity contribution is 0.337. The number of nitrogens with zero attached hydrogens (tertiary/aromatic N) is 2. The molecule has 2 atom stereocenters. The maximum Gasteiger partial charge on any atom is 0.242 e. The van der Waals surface area contributed by atoms with Gasteiger partial charge in [-0.3, -0.25) is 0 Å². The van der Waals surface area contributed by atoms with Crippen LogP contribution in [-0.4, -0.2) is 44.0 Å². The Kier molecular flexibility index (Phi) is 7.50. The summed E-state index contributed by atoms with van der Waals surface area (Å²) in [5.74, 6) is 1.11. The second kappa shape index (κ2) is 9.90. The fourth-order valence-electron chi connectivity index (χ4n) is 3.86. The molecule has 0 spiro atoms. The molecule has 0 radical (unpaired) electrons. The summed E-state index contributed by atoms with van der Waals surface area (Å²) in [6, 6.07) is 11.5. The fraction of sp³-hybridized carbons (Fsp3) is 0.522. The monoisotopic (exact) mass is 430 g/mol. The average molecular weight is 431 g/mol. The van der Waals surface area contributed by atoms with Gasteiger partial charge in [0, 0.05) is 31.4 Å². The topological polar surface area (TPSA) is 74.3 Å². The van der Waals surface area contributed by atoms with Crippen LogP contribution in [0.3, 0.4) is 0 Å². The van der Waals surface area contributed by atoms with E-state index in [1.807, 2.05) is 19.1 Å². The summed E-state index contributed by atoms with van der Waals surface area (Å²) >= 11 is 0. The number of likely N-dealkylation sites (tertiary alicyclic amines) is 1. The van der Waals surface area contributed by atoms with Gasteiger partial charge in [-0.15, -0.1) is 0 Å². The predicted molar refractivity (Wildman–Crippen MR) is 122 cm³/mol. The minimum atomic E-state index is -3.65. The molecule has 1 aliphatic rings. The van der Waals surface area contributed by atoms with Gasteiger partial charge in [0.1, 0.15) is 10.7 Å². The fourth-order valence-corrected chi connectivity index (χ4v) is 5.04. The van der Waals surface area contributed by atoms with E-state index in [4.69, 9.17) is 0 Å². The van der Waals surface area contributed by atoms with Crippen LogP contribution >= 0.6 is 0 Å². The van der Waals surface area contributed by atoms with E-state index in [-0.39, 0.29) is 10.9 Å². The highest BCUT2D eigenvalue weighted by Crippen LogP contribution is 2.22. The zero-order valence-corrected chi connectivity index (χ0v) is 19.2. The largest absolute Gasteiger partial charge is 0.366 e. The van der Waals surface area contributed by atoms with E-state index in [1.165, 1.54) is 11.8 Å². The molecule has 2 unspecified atom stereocenters. The first-order valence-electron chi connectivity index (χ1n) is 10.9. The number of hydrogen-bond donors (Lipinski definition) is 2. The maximum absolute atomic E-state index is 12.8. The quantitative estimate of drug-likeness (QED) is 0.625. The third-order valence-corrected chi connectivity index (χ3v) is 7.15. The summed E-state index contributed by atoms with van der Waals surface area (Å²) in [6.45, 7) is 11.5. The Labute approximate surface area is 181 Å². The highest BCUT2D eigenvalue weighted by atomic mass is 32.2. The van der Waals surface area contributed by atoms with Gasteiger partial charge < -0.3 is 10.2 Å². The second-order valence-corrected chi connectivity index (χ2v) is 10.2. The number of benzene rings is 1. The Morgan fingerprint density at radius 2 is 1.93 bits per heavy atom. The Morgan fingerprint density at radius 1 is 1.17 bits per heavy atom. The van der Waals surface area contributed by atoms with E-state index >= 15 is 0 Å². The van der Waals surface area contributed by atoms with Gasteiger partial charge in [-0.05, 0) is 55.5 Å². The first-order valence-corrected chi connectivity index (χ1v) is 12.3. The zero-order chi connectivity index (χ0) is 21.7. The number of nitrogens with one attached hydrogen (secondary N) is 2. The summed E-state index contributed by atoms with van der Waals surface area (Å²) in [4.78, 5) is 6.97. The molecular formula is C23H34N4O2S. The molecule has 1 aliphatic heterocycles. The van der Waals surface area contributed by atoms with Crippen molar-refractivity contribution in [2.24, 2.45) is 0 Å². The number of sulfonamides is 1. The third kappa shape index (κ3) is 5.80. The van der Waals surface area contributed by atoms with Gasteiger partial charge in [-0.1, -0.05) is 45.0 Å². The number of aromatic nitrogens is 1. The Bertz CT molecular complexity index is 928. The molecule has 30 heavy (non-hydrogen) atoms. The van der Waals surface area contributed by atoms with Crippen LogP contribution in [-0.2, 0) is 10.0 Å². The lowest BCUT2D eigenvalue weighted by Crippen LogP contribution is -2.28. The molecule has 2 heterocycles. The van der Waals surface area contributed by atoms with Crippen LogP contribution in [0.15, 0.2) is 47.5 Å². The molecule has 0 amide bonds. The Hall–Kier alpha value is -1.96. The number of rotatable bonds is 9. The smallest absolute Gasteiger partial charge is 0.242 e. The van der Waals surface area contributed by atoms with Gasteiger partial charge in [0.15, 0.2) is 0 Å². The molecule has 0 saturated carbocycles. The Balaban J connectivity index is 1.63. The van der Waals surface area contributed by atoms with Crippen molar-refractivity contribution in [3.63, 3.8) is 0 Å². The standard InChI is InChI=1S/C23H34N4O2S/c1-5-12-27-13-11-21(16-27)25-23-10-9-22(15-24-23)30(28,29)26-18(4)20-8-6-7-19(14-20)17(2)3/h6-10,14-15,17-18,21,26H,5,11-13,16H2,1-4H3,(H,24,25). The van der Waals surface area contributed by atoms with E-state index in [0.29, 0.717) is 12.0 Å². The number of anilines is 1. The molecule has 3 rings (SSSR count). The SMILES string of the molecule is CCCN1CCC(Nc2ccc(S(=O)(=O)NC(C)c3cccc(C(C)C)c3)cn2)C1. The first-order chi connectivity index (χ1) is 14.3. The van der Waals surface area contributed by atoms with E-state index in [2.05, 4.69) is 52.8 Å². The highest BCUT2D eigenvalue weighted by molar-refractivity contribution is 7.89. The van der Waals surface area contributed by atoms with Crippen molar-refractivity contribution in [1.29, 1.82) is 0 Å². The second-order valence-electron chi connectivity index (χ2n) is 8.48. The van der Waals surface area contributed by atoms with Gasteiger partial charge in [0.25, 0.3) is 0 Å². The maximum atomic E-state index is 12.8. The molecular weight excluding hydrogens is 396 g/mol. The first kappa shape index (κ1) is 22.7. The van der Waals surface area contributed by atoms with E-state index in [1.54, 1.807) is 12.1 Å². The van der Waals surface area contributed by atoms with Crippen molar-refractivity contribution in [2.75, 3.05) is 25.0 Å². The van der Waals surface area contributed by atoms with Gasteiger partial charge >= 0.3 is 0 Å². The van der Waals surface area contributed by atoms with Crippen molar-refractivity contribution < 1.29 is 8.42 Å². The third-order valence-electron chi connectivity index (χ3n) is 5.62. The minimum absolute atomic E-state index is 0.180. The van der Waals surface area contributed by atoms with Crippen molar-refractivity contribution in [2.45, 2.75) is 63.4 Å². The molecule has 164 valence electrons. The molecule has 7 heteroatoms. The highest BCUT2D eigenvalue weighted by Gasteiger charge is 2.23. The van der Waals surface area contributed by atoms with Crippen LogP contribution in [0.2, 0.25) is 0 Å². The molecule has 2 N–H and O–H groups in total. The van der Waals surface area contributed by atoms with Gasteiger partial charge in [0.2, 0.25) is 10.0 Å². The van der Waals surface area contributed by atoms with E-state index < -0.39 is 10.0 Å². The summed E-state index contributed by atoms with van der Waals surface area (Å²) in [5, 5.41) is 3.42. The molecule has 1 aromatic heterocycles. The number of pyridine rings is 1. The van der Waals surface area contributed by atoms with Gasteiger partial charge in [-0.2, -0.15) is 0 Å². The Morgan fingerprint density at radius 3 is 2.60 bits per heavy atom. The normalized spacial score (nSPS) is 18.6. The van der Waals surface area contributed by atoms with Gasteiger partial charge in [0.05, 0.1) is 0 Å². The number of hydrogen-bond acceptors (Lipinski definition) is 5. The summed E-state index contributed by atoms with van der Waals surface area (Å²) in [5.41, 5.74) is 2.15. The molecule has 1 aromatic carbocycles. The molecule has 0 bridgehead atoms. The van der Waals surface area contributed by atoms with Crippen molar-refractivity contribution in [3.05, 3.63) is 53.7 Å². The predicted octanol–water partition coefficient (Wildman–Crippen LogP) is 4.14. The van der Waals surface area contributed by atoms with E-state index in [9.17, 15) is 8.42 Å². The lowest BCUT2D eigenvalue weighted by atomic mass is 9.99. The molecule has 1 fully saturated rings.